The van der Waals surface area contributed by atoms with E-state index in [-0.39, 0.29) is 29.7 Å². The Morgan fingerprint density at radius 2 is 1.95 bits per heavy atom. The molecule has 0 radical (unpaired) electrons. The lowest BCUT2D eigenvalue weighted by Gasteiger charge is -2.42. The molecule has 2 heterocycles. The summed E-state index contributed by atoms with van der Waals surface area (Å²) in [6, 6.07) is 1.22. The van der Waals surface area contributed by atoms with E-state index in [0.29, 0.717) is 6.54 Å². The maximum absolute atomic E-state index is 12.7. The Bertz CT molecular complexity index is 482. The molecular weight excluding hydrogens is 272 g/mol. The molecule has 2 atom stereocenters. The summed E-state index contributed by atoms with van der Waals surface area (Å²) in [5.41, 5.74) is 1.09. The highest BCUT2D eigenvalue weighted by molar-refractivity contribution is 7.07. The normalized spacial score (nSPS) is 23.6. The second-order valence-corrected chi connectivity index (χ2v) is 6.80. The first-order valence-electron chi connectivity index (χ1n) is 7.03. The molecular formula is C15H22N2O2S. The van der Waals surface area contributed by atoms with E-state index in [1.54, 1.807) is 16.2 Å². The highest BCUT2D eigenvalue weighted by Gasteiger charge is 2.42. The van der Waals surface area contributed by atoms with Crippen LogP contribution >= 0.6 is 11.3 Å². The van der Waals surface area contributed by atoms with Crippen LogP contribution in [0.25, 0.3) is 0 Å². The number of carbonyl (C=O) groups excluding carboxylic acids is 2. The summed E-state index contributed by atoms with van der Waals surface area (Å²) in [6.45, 7) is 8.39. The number of nitrogens with one attached hydrogen (secondary N) is 1. The number of nitrogens with zero attached hydrogens (tertiary/aromatic N) is 1. The average Bonchev–Trinajstić information content (AvgIpc) is 2.85. The monoisotopic (exact) mass is 294 g/mol. The van der Waals surface area contributed by atoms with Gasteiger partial charge in [0.05, 0.1) is 0 Å². The van der Waals surface area contributed by atoms with Crippen molar-refractivity contribution in [3.8, 4) is 0 Å². The zero-order chi connectivity index (χ0) is 14.9. The van der Waals surface area contributed by atoms with Crippen LogP contribution in [0.15, 0.2) is 16.8 Å². The molecule has 0 bridgehead atoms. The van der Waals surface area contributed by atoms with Gasteiger partial charge in [0.1, 0.15) is 12.1 Å². The molecule has 20 heavy (non-hydrogen) atoms. The van der Waals surface area contributed by atoms with Gasteiger partial charge in [-0.15, -0.1) is 0 Å². The van der Waals surface area contributed by atoms with Gasteiger partial charge in [-0.05, 0) is 34.2 Å². The molecule has 0 aromatic carbocycles. The van der Waals surface area contributed by atoms with Crippen LogP contribution in [0.1, 0.15) is 33.3 Å². The first-order chi connectivity index (χ1) is 9.41. The van der Waals surface area contributed by atoms with E-state index >= 15 is 0 Å². The Kier molecular flexibility index (Phi) is 4.48. The third kappa shape index (κ3) is 2.87. The molecule has 110 valence electrons. The molecule has 2 rings (SSSR count). The molecule has 1 aromatic heterocycles. The zero-order valence-corrected chi connectivity index (χ0v) is 13.2. The summed E-state index contributed by atoms with van der Waals surface area (Å²) in [4.78, 5) is 26.7. The Balaban J connectivity index is 2.28. The quantitative estimate of drug-likeness (QED) is 0.926. The van der Waals surface area contributed by atoms with Crippen LogP contribution in [0.3, 0.4) is 0 Å². The number of thiophene rings is 1. The van der Waals surface area contributed by atoms with Crippen molar-refractivity contribution in [1.82, 2.24) is 10.2 Å². The predicted molar refractivity (Wildman–Crippen MR) is 80.3 cm³/mol. The van der Waals surface area contributed by atoms with Gasteiger partial charge in [0, 0.05) is 6.54 Å². The number of rotatable bonds is 4. The maximum Gasteiger partial charge on any atom is 0.246 e. The molecule has 1 saturated heterocycles. The Morgan fingerprint density at radius 3 is 2.45 bits per heavy atom. The second kappa shape index (κ2) is 5.95. The number of hydrogen-bond donors (Lipinski definition) is 1. The van der Waals surface area contributed by atoms with Crippen molar-refractivity contribution in [2.45, 2.75) is 46.3 Å². The van der Waals surface area contributed by atoms with Crippen LogP contribution in [-0.4, -0.2) is 28.8 Å². The van der Waals surface area contributed by atoms with Crippen molar-refractivity contribution in [3.05, 3.63) is 22.4 Å². The average molecular weight is 294 g/mol. The van der Waals surface area contributed by atoms with Crippen LogP contribution < -0.4 is 5.32 Å². The van der Waals surface area contributed by atoms with Gasteiger partial charge in [-0.1, -0.05) is 27.7 Å². The first-order valence-corrected chi connectivity index (χ1v) is 7.98. The van der Waals surface area contributed by atoms with Crippen molar-refractivity contribution >= 4 is 23.2 Å². The topological polar surface area (TPSA) is 49.4 Å². The molecule has 0 spiro atoms. The molecule has 1 aliphatic rings. The number of piperazine rings is 1. The van der Waals surface area contributed by atoms with Gasteiger partial charge in [-0.2, -0.15) is 11.3 Å². The van der Waals surface area contributed by atoms with Gasteiger partial charge in [0.2, 0.25) is 11.8 Å². The van der Waals surface area contributed by atoms with E-state index in [1.165, 1.54) is 0 Å². The maximum atomic E-state index is 12.7. The van der Waals surface area contributed by atoms with E-state index in [0.717, 1.165) is 5.56 Å². The van der Waals surface area contributed by atoms with Crippen molar-refractivity contribution in [2.75, 3.05) is 0 Å². The molecule has 0 saturated carbocycles. The Hall–Kier alpha value is -1.36. The summed E-state index contributed by atoms with van der Waals surface area (Å²) in [5.74, 6) is 0.202. The zero-order valence-electron chi connectivity index (χ0n) is 12.4. The van der Waals surface area contributed by atoms with E-state index in [1.807, 2.05) is 44.5 Å². The summed E-state index contributed by atoms with van der Waals surface area (Å²) < 4.78 is 0. The van der Waals surface area contributed by atoms with E-state index in [4.69, 9.17) is 0 Å². The third-order valence-corrected chi connectivity index (χ3v) is 4.41. The van der Waals surface area contributed by atoms with E-state index in [2.05, 4.69) is 5.32 Å². The molecule has 4 nitrogen and oxygen atoms in total. The SMILES string of the molecule is CC(C)C1NC(=O)C(C(C)C)N(Cc2ccsc2)C1=O. The fourth-order valence-electron chi connectivity index (χ4n) is 2.63. The molecule has 0 aliphatic carbocycles. The Labute approximate surface area is 124 Å². The molecule has 2 unspecified atom stereocenters. The summed E-state index contributed by atoms with van der Waals surface area (Å²) in [7, 11) is 0. The summed E-state index contributed by atoms with van der Waals surface area (Å²) in [5, 5.41) is 6.90. The second-order valence-electron chi connectivity index (χ2n) is 6.02. The molecule has 1 aromatic rings. The van der Waals surface area contributed by atoms with Crippen molar-refractivity contribution in [3.63, 3.8) is 0 Å². The van der Waals surface area contributed by atoms with Crippen LogP contribution in [0.5, 0.6) is 0 Å². The minimum absolute atomic E-state index is 0.0319. The number of amides is 2. The molecule has 5 heteroatoms. The van der Waals surface area contributed by atoms with Crippen LogP contribution in [0.4, 0.5) is 0 Å². The molecule has 1 aliphatic heterocycles. The van der Waals surface area contributed by atoms with Crippen molar-refractivity contribution in [1.29, 1.82) is 0 Å². The molecule has 2 amide bonds. The van der Waals surface area contributed by atoms with Gasteiger partial charge in [-0.25, -0.2) is 0 Å². The van der Waals surface area contributed by atoms with Gasteiger partial charge >= 0.3 is 0 Å². The van der Waals surface area contributed by atoms with Gasteiger partial charge in [-0.3, -0.25) is 9.59 Å². The van der Waals surface area contributed by atoms with Gasteiger partial charge < -0.3 is 10.2 Å². The predicted octanol–water partition coefficient (Wildman–Crippen LogP) is 2.26. The van der Waals surface area contributed by atoms with E-state index in [9.17, 15) is 9.59 Å². The smallest absolute Gasteiger partial charge is 0.246 e. The summed E-state index contributed by atoms with van der Waals surface area (Å²) >= 11 is 1.61. The van der Waals surface area contributed by atoms with Gasteiger partial charge in [0.25, 0.3) is 0 Å². The van der Waals surface area contributed by atoms with Crippen molar-refractivity contribution in [2.24, 2.45) is 11.8 Å². The summed E-state index contributed by atoms with van der Waals surface area (Å²) in [6.07, 6.45) is 0. The lowest BCUT2D eigenvalue weighted by atomic mass is 9.92. The van der Waals surface area contributed by atoms with Crippen LogP contribution in [-0.2, 0) is 16.1 Å². The standard InChI is InChI=1S/C15H22N2O2S/c1-9(2)12-15(19)17(7-11-5-6-20-8-11)13(10(3)4)14(18)16-12/h5-6,8-10,12-13H,7H2,1-4H3,(H,16,18). The van der Waals surface area contributed by atoms with Crippen LogP contribution in [0, 0.1) is 11.8 Å². The van der Waals surface area contributed by atoms with Crippen molar-refractivity contribution < 1.29 is 9.59 Å². The minimum Gasteiger partial charge on any atom is -0.342 e. The largest absolute Gasteiger partial charge is 0.342 e. The molecule has 1 fully saturated rings. The van der Waals surface area contributed by atoms with E-state index < -0.39 is 6.04 Å². The number of carbonyl (C=O) groups is 2. The third-order valence-electron chi connectivity index (χ3n) is 3.68. The highest BCUT2D eigenvalue weighted by Crippen LogP contribution is 2.23. The van der Waals surface area contributed by atoms with Crippen LogP contribution in [0.2, 0.25) is 0 Å². The minimum atomic E-state index is -0.406. The lowest BCUT2D eigenvalue weighted by Crippen LogP contribution is -2.65. The first kappa shape index (κ1) is 15.0. The highest BCUT2D eigenvalue weighted by atomic mass is 32.1. The fraction of sp³-hybridized carbons (Fsp3) is 0.600. The number of hydrogen-bond acceptors (Lipinski definition) is 3. The Morgan fingerprint density at radius 1 is 1.25 bits per heavy atom. The molecule has 1 N–H and O–H groups in total. The van der Waals surface area contributed by atoms with Gasteiger partial charge in [0.15, 0.2) is 0 Å². The lowest BCUT2D eigenvalue weighted by molar-refractivity contribution is -0.153. The fourth-order valence-corrected chi connectivity index (χ4v) is 3.29.